The fourth-order valence-electron chi connectivity index (χ4n) is 2.97. The lowest BCUT2D eigenvalue weighted by Gasteiger charge is -2.11. The third-order valence-corrected chi connectivity index (χ3v) is 6.53. The van der Waals surface area contributed by atoms with E-state index in [0.29, 0.717) is 10.0 Å². The molecule has 0 saturated carbocycles. The first-order valence-electron chi connectivity index (χ1n) is 8.31. The Kier molecular flexibility index (Phi) is 5.37. The normalized spacial score (nSPS) is 11.1. The lowest BCUT2D eigenvalue weighted by Crippen LogP contribution is -1.96. The van der Waals surface area contributed by atoms with Gasteiger partial charge in [-0.3, -0.25) is 0 Å². The van der Waals surface area contributed by atoms with Crippen molar-refractivity contribution in [3.8, 4) is 11.1 Å². The van der Waals surface area contributed by atoms with E-state index < -0.39 is 0 Å². The number of halogens is 3. The maximum Gasteiger partial charge on any atom is 0.143 e. The highest BCUT2D eigenvalue weighted by Crippen LogP contribution is 2.42. The fraction of sp³-hybridized carbons (Fsp3) is 0.100. The Hall–Kier alpha value is -1.66. The summed E-state index contributed by atoms with van der Waals surface area (Å²) in [5.41, 5.74) is 3.01. The molecule has 4 rings (SSSR count). The zero-order chi connectivity index (χ0) is 19.0. The minimum atomic E-state index is 0.585. The second kappa shape index (κ2) is 7.76. The minimum Gasteiger partial charge on any atom is -0.338 e. The molecule has 0 aliphatic heterocycles. The summed E-state index contributed by atoms with van der Waals surface area (Å²) in [7, 11) is 0. The molecule has 2 heterocycles. The molecule has 2 aromatic carbocycles. The maximum absolute atomic E-state index is 6.34. The standard InChI is InChI=1S/C20H14BrCl2N3S/c1-2-16-17(11-3-5-12(21)6-4-11)18-19(24-10-25-20(18)27-16)26-15-9-13(22)7-8-14(15)23/h3-10H,2H2,1H3,(H,24,25,26). The molecule has 7 heteroatoms. The van der Waals surface area contributed by atoms with E-state index in [1.54, 1.807) is 35.9 Å². The first-order valence-corrected chi connectivity index (χ1v) is 10.7. The Bertz CT molecular complexity index is 1130. The lowest BCUT2D eigenvalue weighted by atomic mass is 10.0. The van der Waals surface area contributed by atoms with Crippen molar-refractivity contribution in [3.63, 3.8) is 0 Å². The molecular weight excluding hydrogens is 465 g/mol. The topological polar surface area (TPSA) is 37.8 Å². The predicted octanol–water partition coefficient (Wildman–Crippen LogP) is 7.73. The average Bonchev–Trinajstić information content (AvgIpc) is 3.05. The number of aromatic nitrogens is 2. The van der Waals surface area contributed by atoms with Crippen LogP contribution >= 0.6 is 50.5 Å². The van der Waals surface area contributed by atoms with Crippen LogP contribution in [0.2, 0.25) is 10.0 Å². The number of rotatable bonds is 4. The molecule has 3 nitrogen and oxygen atoms in total. The van der Waals surface area contributed by atoms with Gasteiger partial charge in [0.05, 0.1) is 16.1 Å². The number of nitrogens with one attached hydrogen (secondary N) is 1. The zero-order valence-corrected chi connectivity index (χ0v) is 18.2. The number of aryl methyl sites for hydroxylation is 1. The molecule has 0 saturated heterocycles. The van der Waals surface area contributed by atoms with Gasteiger partial charge >= 0.3 is 0 Å². The molecule has 0 atom stereocenters. The first-order chi connectivity index (χ1) is 13.1. The van der Waals surface area contributed by atoms with Gasteiger partial charge in [-0.2, -0.15) is 0 Å². The molecule has 0 fully saturated rings. The van der Waals surface area contributed by atoms with Gasteiger partial charge in [0.1, 0.15) is 17.0 Å². The molecular formula is C20H14BrCl2N3S. The summed E-state index contributed by atoms with van der Waals surface area (Å²) < 4.78 is 1.05. The Balaban J connectivity index is 1.92. The number of hydrogen-bond donors (Lipinski definition) is 1. The molecule has 27 heavy (non-hydrogen) atoms. The monoisotopic (exact) mass is 477 g/mol. The van der Waals surface area contributed by atoms with Crippen LogP contribution in [0.15, 0.2) is 53.3 Å². The summed E-state index contributed by atoms with van der Waals surface area (Å²) >= 11 is 17.7. The van der Waals surface area contributed by atoms with Crippen LogP contribution in [-0.2, 0) is 6.42 Å². The molecule has 0 bridgehead atoms. The van der Waals surface area contributed by atoms with Gasteiger partial charge in [0.25, 0.3) is 0 Å². The molecule has 0 amide bonds. The van der Waals surface area contributed by atoms with Crippen LogP contribution in [-0.4, -0.2) is 9.97 Å². The van der Waals surface area contributed by atoms with Crippen LogP contribution in [0, 0.1) is 0 Å². The van der Waals surface area contributed by atoms with E-state index in [1.165, 1.54) is 4.88 Å². The zero-order valence-electron chi connectivity index (χ0n) is 14.3. The van der Waals surface area contributed by atoms with Gasteiger partial charge in [0, 0.05) is 19.9 Å². The van der Waals surface area contributed by atoms with Gasteiger partial charge in [-0.05, 0) is 42.3 Å². The summed E-state index contributed by atoms with van der Waals surface area (Å²) in [6, 6.07) is 13.6. The second-order valence-corrected chi connectivity index (χ2v) is 8.76. The SMILES string of the molecule is CCc1sc2ncnc(Nc3cc(Cl)ccc3Cl)c2c1-c1ccc(Br)cc1. The molecule has 0 radical (unpaired) electrons. The highest BCUT2D eigenvalue weighted by Gasteiger charge is 2.18. The highest BCUT2D eigenvalue weighted by atomic mass is 79.9. The number of hydrogen-bond acceptors (Lipinski definition) is 4. The third kappa shape index (κ3) is 3.69. The van der Waals surface area contributed by atoms with E-state index in [1.807, 2.05) is 12.1 Å². The van der Waals surface area contributed by atoms with Crippen LogP contribution in [0.5, 0.6) is 0 Å². The van der Waals surface area contributed by atoms with Gasteiger partial charge < -0.3 is 5.32 Å². The van der Waals surface area contributed by atoms with Crippen LogP contribution in [0.3, 0.4) is 0 Å². The summed E-state index contributed by atoms with van der Waals surface area (Å²) in [4.78, 5) is 11.2. The molecule has 0 unspecified atom stereocenters. The summed E-state index contributed by atoms with van der Waals surface area (Å²) in [5.74, 6) is 0.720. The van der Waals surface area contributed by atoms with E-state index in [4.69, 9.17) is 23.2 Å². The smallest absolute Gasteiger partial charge is 0.143 e. The van der Waals surface area contributed by atoms with E-state index in [2.05, 4.69) is 50.3 Å². The second-order valence-electron chi connectivity index (χ2n) is 5.91. The molecule has 1 N–H and O–H groups in total. The largest absolute Gasteiger partial charge is 0.338 e. The van der Waals surface area contributed by atoms with Crippen molar-refractivity contribution in [2.24, 2.45) is 0 Å². The molecule has 2 aromatic heterocycles. The van der Waals surface area contributed by atoms with Crippen LogP contribution in [0.25, 0.3) is 21.3 Å². The van der Waals surface area contributed by atoms with Gasteiger partial charge in [0.15, 0.2) is 0 Å². The Morgan fingerprint density at radius 3 is 2.59 bits per heavy atom. The third-order valence-electron chi connectivity index (χ3n) is 4.20. The van der Waals surface area contributed by atoms with Crippen LogP contribution in [0.1, 0.15) is 11.8 Å². The molecule has 0 spiro atoms. The molecule has 136 valence electrons. The lowest BCUT2D eigenvalue weighted by molar-refractivity contribution is 1.19. The van der Waals surface area contributed by atoms with Crippen molar-refractivity contribution in [3.05, 3.63) is 68.2 Å². The predicted molar refractivity (Wildman–Crippen MR) is 120 cm³/mol. The van der Waals surface area contributed by atoms with Gasteiger partial charge in [0.2, 0.25) is 0 Å². The number of anilines is 2. The number of thiophene rings is 1. The van der Waals surface area contributed by atoms with Crippen molar-refractivity contribution in [2.45, 2.75) is 13.3 Å². The van der Waals surface area contributed by atoms with Crippen molar-refractivity contribution >= 4 is 72.2 Å². The summed E-state index contributed by atoms with van der Waals surface area (Å²) in [5, 5.41) is 5.54. The van der Waals surface area contributed by atoms with Crippen LogP contribution in [0.4, 0.5) is 11.5 Å². The first kappa shape index (κ1) is 18.7. The molecule has 0 aliphatic rings. The van der Waals surface area contributed by atoms with Gasteiger partial charge in [-0.25, -0.2) is 9.97 Å². The van der Waals surface area contributed by atoms with E-state index in [0.717, 1.165) is 43.7 Å². The van der Waals surface area contributed by atoms with E-state index >= 15 is 0 Å². The Labute approximate surface area is 179 Å². The summed E-state index contributed by atoms with van der Waals surface area (Å²) in [6.45, 7) is 2.15. The Morgan fingerprint density at radius 1 is 1.07 bits per heavy atom. The van der Waals surface area contributed by atoms with Gasteiger partial charge in [-0.15, -0.1) is 11.3 Å². The molecule has 0 aliphatic carbocycles. The molecule has 4 aromatic rings. The van der Waals surface area contributed by atoms with Crippen molar-refractivity contribution in [1.29, 1.82) is 0 Å². The fourth-order valence-corrected chi connectivity index (χ4v) is 4.67. The quantitative estimate of drug-likeness (QED) is 0.326. The van der Waals surface area contributed by atoms with Crippen molar-refractivity contribution in [1.82, 2.24) is 9.97 Å². The number of benzene rings is 2. The van der Waals surface area contributed by atoms with E-state index in [-0.39, 0.29) is 0 Å². The van der Waals surface area contributed by atoms with E-state index in [9.17, 15) is 0 Å². The number of fused-ring (bicyclic) bond motifs is 1. The maximum atomic E-state index is 6.34. The minimum absolute atomic E-state index is 0.585. The highest BCUT2D eigenvalue weighted by molar-refractivity contribution is 9.10. The Morgan fingerprint density at radius 2 is 1.85 bits per heavy atom. The van der Waals surface area contributed by atoms with Gasteiger partial charge in [-0.1, -0.05) is 58.2 Å². The summed E-state index contributed by atoms with van der Waals surface area (Å²) in [6.07, 6.45) is 2.49. The van der Waals surface area contributed by atoms with Crippen LogP contribution < -0.4 is 5.32 Å². The van der Waals surface area contributed by atoms with Crippen molar-refractivity contribution < 1.29 is 0 Å². The van der Waals surface area contributed by atoms with Crippen molar-refractivity contribution in [2.75, 3.05) is 5.32 Å². The average molecular weight is 479 g/mol. The number of nitrogens with zero attached hydrogens (tertiary/aromatic N) is 2.